The lowest BCUT2D eigenvalue weighted by Crippen LogP contribution is -2.50. The van der Waals surface area contributed by atoms with Gasteiger partial charge in [-0.2, -0.15) is 0 Å². The van der Waals surface area contributed by atoms with Crippen molar-refractivity contribution in [3.05, 3.63) is 87.6 Å². The van der Waals surface area contributed by atoms with Gasteiger partial charge in [0.1, 0.15) is 37.4 Å². The zero-order valence-electron chi connectivity index (χ0n) is 33.0. The summed E-state index contributed by atoms with van der Waals surface area (Å²) in [5, 5.41) is 24.5. The lowest BCUT2D eigenvalue weighted by atomic mass is 10.0. The number of nitrogens with one attached hydrogen (secondary N) is 4. The Morgan fingerprint density at radius 3 is 2.38 bits per heavy atom. The van der Waals surface area contributed by atoms with Crippen molar-refractivity contribution in [1.82, 2.24) is 25.8 Å². The smallest absolute Gasteiger partial charge is 0.408 e. The maximum absolute atomic E-state index is 16.5. The molecule has 5 amide bonds. The first-order chi connectivity index (χ1) is 27.6. The molecule has 0 spiro atoms. The van der Waals surface area contributed by atoms with Gasteiger partial charge in [-0.15, -0.1) is 11.3 Å². The molecule has 0 saturated carbocycles. The Hall–Kier alpha value is -6.04. The molecule has 1 saturated heterocycles. The van der Waals surface area contributed by atoms with Gasteiger partial charge in [-0.3, -0.25) is 19.2 Å². The number of hydrogen-bond acceptors (Lipinski definition) is 11. The van der Waals surface area contributed by atoms with Gasteiger partial charge in [-0.05, 0) is 62.9 Å². The quantitative estimate of drug-likeness (QED) is 0.0529. The maximum Gasteiger partial charge on any atom is 0.408 e. The summed E-state index contributed by atoms with van der Waals surface area (Å²) in [6.45, 7) is 12.9. The van der Waals surface area contributed by atoms with Crippen LogP contribution in [0.2, 0.25) is 0 Å². The number of β-amino-alcohol motifs (C(OH)–C–C–N with tert-alkyl or cyclic N) is 1. The molecule has 58 heavy (non-hydrogen) atoms. The van der Waals surface area contributed by atoms with Crippen LogP contribution in [-0.2, 0) is 30.5 Å². The molecule has 5 N–H and O–H groups in total. The summed E-state index contributed by atoms with van der Waals surface area (Å²) < 4.78 is 27.4. The van der Waals surface area contributed by atoms with Crippen LogP contribution in [0, 0.1) is 18.7 Å². The second kappa shape index (κ2) is 20.4. The highest BCUT2D eigenvalue weighted by Crippen LogP contribution is 2.38. The first-order valence-corrected chi connectivity index (χ1v) is 19.4. The van der Waals surface area contributed by atoms with Gasteiger partial charge in [-0.1, -0.05) is 49.8 Å². The number of thiazole rings is 1. The number of aryl methyl sites for hydroxylation is 1. The van der Waals surface area contributed by atoms with Crippen molar-refractivity contribution in [2.75, 3.05) is 18.5 Å². The fourth-order valence-corrected chi connectivity index (χ4v) is 6.92. The van der Waals surface area contributed by atoms with Crippen molar-refractivity contribution >= 4 is 46.7 Å². The lowest BCUT2D eigenvalue weighted by molar-refractivity contribution is -0.140. The molecule has 0 bridgehead atoms. The summed E-state index contributed by atoms with van der Waals surface area (Å²) >= 11 is 1.26. The van der Waals surface area contributed by atoms with E-state index in [1.54, 1.807) is 69.6 Å². The zero-order chi connectivity index (χ0) is 42.7. The highest BCUT2D eigenvalue weighted by Gasteiger charge is 2.42. The number of azide groups is 1. The van der Waals surface area contributed by atoms with E-state index in [9.17, 15) is 29.1 Å². The Kier molecular flexibility index (Phi) is 15.7. The summed E-state index contributed by atoms with van der Waals surface area (Å²) in [7, 11) is 0. The molecule has 3 aromatic rings. The van der Waals surface area contributed by atoms with Crippen molar-refractivity contribution in [1.29, 1.82) is 0 Å². The standard InChI is InChI=1S/C39H48FN9O8S/c1-8-15-56-39(55)45-24(7)35(51)44-23(6)36(52)46-26-11-9-25(10-12-26)18-57-33-28(13-14-29(31(33)40)34-22(5)42-19-58-34)21(4)43-37(53)30-16-27(50)17-49(30)38(54)32(20(2)3)47-48-41/h8-14,19-21,23-24,27,30,32,50H,1,15-18H2,2-7H3,(H,43,53)(H,44,51)(H,45,55)(H,46,52)/t21-,23-,24-,27+,30-,32-/m0/s1. The van der Waals surface area contributed by atoms with Gasteiger partial charge in [0.2, 0.25) is 23.6 Å². The topological polar surface area (TPSA) is 237 Å². The largest absolute Gasteiger partial charge is 0.485 e. The van der Waals surface area contributed by atoms with E-state index < -0.39 is 71.9 Å². The maximum atomic E-state index is 16.5. The van der Waals surface area contributed by atoms with E-state index in [1.165, 1.54) is 36.2 Å². The third kappa shape index (κ3) is 11.3. The number of benzene rings is 2. The van der Waals surface area contributed by atoms with Gasteiger partial charge in [0, 0.05) is 34.7 Å². The van der Waals surface area contributed by atoms with Crippen molar-refractivity contribution < 1.29 is 42.9 Å². The van der Waals surface area contributed by atoms with Gasteiger partial charge in [0.05, 0.1) is 28.2 Å². The lowest BCUT2D eigenvalue weighted by Gasteiger charge is -2.29. The number of aliphatic hydroxyl groups is 1. The fraction of sp³-hybridized carbons (Fsp3) is 0.436. The van der Waals surface area contributed by atoms with E-state index >= 15 is 4.39 Å². The van der Waals surface area contributed by atoms with E-state index in [4.69, 9.17) is 15.0 Å². The Labute approximate surface area is 339 Å². The van der Waals surface area contributed by atoms with Crippen LogP contribution >= 0.6 is 11.3 Å². The number of anilines is 1. The zero-order valence-corrected chi connectivity index (χ0v) is 33.8. The number of rotatable bonds is 17. The van der Waals surface area contributed by atoms with Crippen molar-refractivity contribution in [2.24, 2.45) is 11.0 Å². The van der Waals surface area contributed by atoms with E-state index in [0.717, 1.165) is 0 Å². The highest BCUT2D eigenvalue weighted by molar-refractivity contribution is 7.13. The van der Waals surface area contributed by atoms with Crippen molar-refractivity contribution in [3.63, 3.8) is 0 Å². The molecule has 6 atom stereocenters. The number of likely N-dealkylation sites (tertiary alicyclic amines) is 1. The number of aromatic nitrogens is 1. The Morgan fingerprint density at radius 1 is 1.07 bits per heavy atom. The number of halogens is 1. The summed E-state index contributed by atoms with van der Waals surface area (Å²) in [4.78, 5) is 72.9. The second-order valence-electron chi connectivity index (χ2n) is 14.1. The average molecular weight is 822 g/mol. The van der Waals surface area contributed by atoms with Crippen molar-refractivity contribution in [2.45, 2.75) is 90.9 Å². The summed E-state index contributed by atoms with van der Waals surface area (Å²) in [5.41, 5.74) is 12.8. The Bertz CT molecular complexity index is 2040. The molecular formula is C39H48FN9O8S. The van der Waals surface area contributed by atoms with Crippen LogP contribution in [-0.4, -0.2) is 88.1 Å². The minimum Gasteiger partial charge on any atom is -0.485 e. The second-order valence-corrected chi connectivity index (χ2v) is 14.9. The molecule has 2 heterocycles. The number of hydrogen-bond donors (Lipinski definition) is 5. The average Bonchev–Trinajstić information content (AvgIpc) is 3.80. The molecule has 1 aromatic heterocycles. The number of alkyl carbamates (subject to hydrolysis) is 1. The van der Waals surface area contributed by atoms with Crippen LogP contribution in [0.4, 0.5) is 14.9 Å². The molecule has 1 aliphatic rings. The number of nitrogens with zero attached hydrogens (tertiary/aromatic N) is 5. The molecule has 0 unspecified atom stereocenters. The number of carbonyl (C=O) groups is 5. The fourth-order valence-electron chi connectivity index (χ4n) is 6.09. The summed E-state index contributed by atoms with van der Waals surface area (Å²) in [6, 6.07) is 4.88. The molecule has 310 valence electrons. The van der Waals surface area contributed by atoms with Gasteiger partial charge >= 0.3 is 6.09 Å². The first-order valence-electron chi connectivity index (χ1n) is 18.5. The summed E-state index contributed by atoms with van der Waals surface area (Å²) in [5.74, 6) is -3.44. The van der Waals surface area contributed by atoms with Crippen LogP contribution in [0.5, 0.6) is 5.75 Å². The van der Waals surface area contributed by atoms with Gasteiger partial charge in [0.15, 0.2) is 11.6 Å². The molecule has 17 nitrogen and oxygen atoms in total. The predicted molar refractivity (Wildman–Crippen MR) is 214 cm³/mol. The molecule has 4 rings (SSSR count). The van der Waals surface area contributed by atoms with Crippen LogP contribution in [0.15, 0.2) is 59.7 Å². The third-order valence-corrected chi connectivity index (χ3v) is 10.2. The molecule has 0 aliphatic carbocycles. The SMILES string of the molecule is C=CCOC(=O)N[C@@H](C)C(=O)N[C@@H](C)C(=O)Nc1ccc(COc2c([C@H](C)NC(=O)[C@@H]3C[C@@H](O)CN3C(=O)[C@@H](N=[N+]=[N-])C(C)C)ccc(-c3scnc3C)c2F)cc1. The molecule has 0 radical (unpaired) electrons. The van der Waals surface area contributed by atoms with E-state index in [-0.39, 0.29) is 43.4 Å². The van der Waals surface area contributed by atoms with E-state index in [2.05, 4.69) is 42.9 Å². The van der Waals surface area contributed by atoms with Crippen LogP contribution in [0.25, 0.3) is 20.9 Å². The molecule has 1 aliphatic heterocycles. The third-order valence-electron chi connectivity index (χ3n) is 9.28. The predicted octanol–water partition coefficient (Wildman–Crippen LogP) is 5.05. The van der Waals surface area contributed by atoms with Crippen LogP contribution in [0.1, 0.15) is 63.9 Å². The van der Waals surface area contributed by atoms with Gasteiger partial charge in [-0.25, -0.2) is 14.2 Å². The van der Waals surface area contributed by atoms with Crippen LogP contribution < -0.4 is 26.0 Å². The van der Waals surface area contributed by atoms with Crippen LogP contribution in [0.3, 0.4) is 0 Å². The minimum absolute atomic E-state index is 0.0264. The molecular weight excluding hydrogens is 774 g/mol. The van der Waals surface area contributed by atoms with E-state index in [0.29, 0.717) is 27.4 Å². The number of amides is 5. The van der Waals surface area contributed by atoms with Gasteiger partial charge in [0.25, 0.3) is 0 Å². The Balaban J connectivity index is 1.47. The minimum atomic E-state index is -1.07. The number of ether oxygens (including phenoxy) is 2. The van der Waals surface area contributed by atoms with Crippen molar-refractivity contribution in [3.8, 4) is 16.2 Å². The highest BCUT2D eigenvalue weighted by atomic mass is 32.1. The summed E-state index contributed by atoms with van der Waals surface area (Å²) in [6.07, 6.45) is -0.443. The molecule has 2 aromatic carbocycles. The van der Waals surface area contributed by atoms with E-state index in [1.807, 2.05) is 0 Å². The first kappa shape index (κ1) is 44.7. The molecule has 19 heteroatoms. The number of carbonyl (C=O) groups excluding carboxylic acids is 5. The number of aliphatic hydroxyl groups excluding tert-OH is 1. The molecule has 1 fully saturated rings. The monoisotopic (exact) mass is 821 g/mol. The normalized spacial score (nSPS) is 16.9. The van der Waals surface area contributed by atoms with Gasteiger partial charge < -0.3 is 40.7 Å². The Morgan fingerprint density at radius 2 is 1.76 bits per heavy atom.